The summed E-state index contributed by atoms with van der Waals surface area (Å²) in [7, 11) is -1.90. The summed E-state index contributed by atoms with van der Waals surface area (Å²) >= 11 is 0. The Morgan fingerprint density at radius 3 is 2.25 bits per heavy atom. The largest absolute Gasteiger partial charge is 0.484 e. The van der Waals surface area contributed by atoms with Gasteiger partial charge in [0.1, 0.15) is 5.75 Å². The molecule has 1 amide bonds. The van der Waals surface area contributed by atoms with Crippen LogP contribution in [0.5, 0.6) is 5.75 Å². The van der Waals surface area contributed by atoms with Gasteiger partial charge < -0.3 is 10.1 Å². The highest BCUT2D eigenvalue weighted by Gasteiger charge is 2.17. The molecular weight excluding hydrogens is 328 g/mol. The van der Waals surface area contributed by atoms with Gasteiger partial charge in [-0.1, -0.05) is 30.3 Å². The zero-order valence-electron chi connectivity index (χ0n) is 13.6. The number of carbonyl (C=O) groups is 1. The smallest absolute Gasteiger partial charge is 0.257 e. The molecule has 2 aromatic carbocycles. The molecule has 128 valence electrons. The minimum atomic E-state index is -3.43. The van der Waals surface area contributed by atoms with Gasteiger partial charge in [0.2, 0.25) is 10.0 Å². The Bertz CT molecular complexity index is 774. The van der Waals surface area contributed by atoms with Crippen molar-refractivity contribution in [3.8, 4) is 5.75 Å². The van der Waals surface area contributed by atoms with E-state index in [0.29, 0.717) is 11.4 Å². The van der Waals surface area contributed by atoms with Gasteiger partial charge in [-0.3, -0.25) is 9.10 Å². The first-order valence-corrected chi connectivity index (χ1v) is 9.20. The second-order valence-electron chi connectivity index (χ2n) is 5.21. The highest BCUT2D eigenvalue weighted by Crippen LogP contribution is 2.23. The minimum absolute atomic E-state index is 0.0876. The Morgan fingerprint density at radius 2 is 1.71 bits per heavy atom. The van der Waals surface area contributed by atoms with Crippen LogP contribution in [0.4, 0.5) is 5.69 Å². The third kappa shape index (κ3) is 4.99. The summed E-state index contributed by atoms with van der Waals surface area (Å²) in [5.41, 5.74) is 1.43. The van der Waals surface area contributed by atoms with E-state index in [9.17, 15) is 13.2 Å². The average molecular weight is 348 g/mol. The second kappa shape index (κ2) is 7.83. The number of hydrogen-bond donors (Lipinski definition) is 1. The maximum atomic E-state index is 12.1. The molecular formula is C17H20N2O4S. The van der Waals surface area contributed by atoms with Crippen molar-refractivity contribution in [3.63, 3.8) is 0 Å². The molecule has 0 aliphatic carbocycles. The molecule has 6 nitrogen and oxygen atoms in total. The van der Waals surface area contributed by atoms with Gasteiger partial charge in [0, 0.05) is 7.05 Å². The molecule has 0 fully saturated rings. The molecule has 0 bridgehead atoms. The number of likely N-dealkylation sites (N-methyl/N-ethyl adjacent to an activating group) is 1. The maximum Gasteiger partial charge on any atom is 0.257 e. The van der Waals surface area contributed by atoms with Crippen molar-refractivity contribution < 1.29 is 17.9 Å². The van der Waals surface area contributed by atoms with E-state index in [1.54, 1.807) is 24.3 Å². The summed E-state index contributed by atoms with van der Waals surface area (Å²) in [6.45, 7) is 0.160. The molecule has 0 aromatic heterocycles. The first-order valence-electron chi connectivity index (χ1n) is 7.35. The van der Waals surface area contributed by atoms with Gasteiger partial charge in [-0.15, -0.1) is 0 Å². The lowest BCUT2D eigenvalue weighted by molar-refractivity contribution is -0.122. The van der Waals surface area contributed by atoms with E-state index in [0.717, 1.165) is 5.56 Å². The summed E-state index contributed by atoms with van der Waals surface area (Å²) in [6, 6.07) is 16.0. The number of nitrogens with one attached hydrogen (secondary N) is 1. The van der Waals surface area contributed by atoms with Crippen LogP contribution in [0.3, 0.4) is 0 Å². The lowest BCUT2D eigenvalue weighted by Gasteiger charge is -2.22. The van der Waals surface area contributed by atoms with Gasteiger partial charge >= 0.3 is 0 Å². The molecule has 0 radical (unpaired) electrons. The van der Waals surface area contributed by atoms with E-state index in [2.05, 4.69) is 5.32 Å². The normalized spacial score (nSPS) is 10.9. The minimum Gasteiger partial charge on any atom is -0.484 e. The molecule has 2 rings (SSSR count). The van der Waals surface area contributed by atoms with Gasteiger partial charge in [-0.25, -0.2) is 8.42 Å². The van der Waals surface area contributed by atoms with E-state index in [4.69, 9.17) is 4.74 Å². The molecule has 0 saturated heterocycles. The fourth-order valence-electron chi connectivity index (χ4n) is 2.08. The van der Waals surface area contributed by atoms with Crippen LogP contribution in [0.15, 0.2) is 54.6 Å². The quantitative estimate of drug-likeness (QED) is 0.827. The molecule has 0 aliphatic heterocycles. The molecule has 24 heavy (non-hydrogen) atoms. The topological polar surface area (TPSA) is 75.7 Å². The molecule has 0 atom stereocenters. The van der Waals surface area contributed by atoms with E-state index in [1.807, 2.05) is 30.3 Å². The third-order valence-corrected chi connectivity index (χ3v) is 4.48. The van der Waals surface area contributed by atoms with E-state index in [-0.39, 0.29) is 19.1 Å². The SMILES string of the molecule is CNC(=O)COc1ccc(N(Cc2ccccc2)S(C)(=O)=O)cc1. The molecule has 0 aliphatic rings. The number of rotatable bonds is 7. The first-order chi connectivity index (χ1) is 11.4. The van der Waals surface area contributed by atoms with Crippen LogP contribution in [0.25, 0.3) is 0 Å². The Balaban J connectivity index is 2.17. The maximum absolute atomic E-state index is 12.1. The predicted octanol–water partition coefficient (Wildman–Crippen LogP) is 1.78. The van der Waals surface area contributed by atoms with E-state index < -0.39 is 10.0 Å². The Labute approximate surface area is 142 Å². The monoisotopic (exact) mass is 348 g/mol. The molecule has 7 heteroatoms. The number of amides is 1. The van der Waals surface area contributed by atoms with Crippen LogP contribution in [-0.2, 0) is 21.4 Å². The summed E-state index contributed by atoms with van der Waals surface area (Å²) in [6.07, 6.45) is 1.17. The fraction of sp³-hybridized carbons (Fsp3) is 0.235. The molecule has 0 spiro atoms. The van der Waals surface area contributed by atoms with Crippen LogP contribution < -0.4 is 14.4 Å². The third-order valence-electron chi connectivity index (χ3n) is 3.34. The zero-order valence-corrected chi connectivity index (χ0v) is 14.4. The van der Waals surface area contributed by atoms with Crippen LogP contribution >= 0.6 is 0 Å². The van der Waals surface area contributed by atoms with Crippen molar-refractivity contribution in [1.82, 2.24) is 5.32 Å². The summed E-state index contributed by atoms with van der Waals surface area (Å²) in [5.74, 6) is 0.261. The van der Waals surface area contributed by atoms with Crippen LogP contribution in [0.2, 0.25) is 0 Å². The van der Waals surface area contributed by atoms with Crippen molar-refractivity contribution in [2.24, 2.45) is 0 Å². The highest BCUT2D eigenvalue weighted by atomic mass is 32.2. The predicted molar refractivity (Wildman–Crippen MR) is 93.5 cm³/mol. The number of carbonyl (C=O) groups excluding carboxylic acids is 1. The molecule has 0 saturated carbocycles. The van der Waals surface area contributed by atoms with Gasteiger partial charge in [0.05, 0.1) is 18.5 Å². The van der Waals surface area contributed by atoms with Gasteiger partial charge in [0.25, 0.3) is 5.91 Å². The summed E-state index contributed by atoms with van der Waals surface area (Å²) in [4.78, 5) is 11.2. The van der Waals surface area contributed by atoms with Crippen molar-refractivity contribution in [2.45, 2.75) is 6.54 Å². The van der Waals surface area contributed by atoms with E-state index in [1.165, 1.54) is 17.6 Å². The lowest BCUT2D eigenvalue weighted by atomic mass is 10.2. The number of sulfonamides is 1. The van der Waals surface area contributed by atoms with Crippen molar-refractivity contribution in [3.05, 3.63) is 60.2 Å². The Morgan fingerprint density at radius 1 is 1.08 bits per heavy atom. The molecule has 0 unspecified atom stereocenters. The number of benzene rings is 2. The summed E-state index contributed by atoms with van der Waals surface area (Å²) in [5, 5.41) is 2.46. The molecule has 0 heterocycles. The van der Waals surface area contributed by atoms with Crippen molar-refractivity contribution in [2.75, 3.05) is 24.2 Å². The number of hydrogen-bond acceptors (Lipinski definition) is 4. The zero-order chi connectivity index (χ0) is 17.6. The van der Waals surface area contributed by atoms with Crippen molar-refractivity contribution in [1.29, 1.82) is 0 Å². The average Bonchev–Trinajstić information content (AvgIpc) is 2.58. The number of anilines is 1. The Kier molecular flexibility index (Phi) is 5.81. The first kappa shape index (κ1) is 17.8. The molecule has 1 N–H and O–H groups in total. The number of ether oxygens (including phenoxy) is 1. The van der Waals surface area contributed by atoms with Crippen LogP contribution in [0, 0.1) is 0 Å². The van der Waals surface area contributed by atoms with Crippen LogP contribution in [0.1, 0.15) is 5.56 Å². The fourth-order valence-corrected chi connectivity index (χ4v) is 2.97. The number of nitrogens with zero attached hydrogens (tertiary/aromatic N) is 1. The standard InChI is InChI=1S/C17H20N2O4S/c1-18-17(20)13-23-16-10-8-15(9-11-16)19(24(2,21)22)12-14-6-4-3-5-7-14/h3-11H,12-13H2,1-2H3,(H,18,20). The Hall–Kier alpha value is -2.54. The molecule has 2 aromatic rings. The highest BCUT2D eigenvalue weighted by molar-refractivity contribution is 7.92. The van der Waals surface area contributed by atoms with Crippen LogP contribution in [-0.4, -0.2) is 34.2 Å². The van der Waals surface area contributed by atoms with Gasteiger partial charge in [-0.05, 0) is 29.8 Å². The van der Waals surface area contributed by atoms with E-state index >= 15 is 0 Å². The lowest BCUT2D eigenvalue weighted by Crippen LogP contribution is -2.29. The van der Waals surface area contributed by atoms with Gasteiger partial charge in [-0.2, -0.15) is 0 Å². The van der Waals surface area contributed by atoms with Gasteiger partial charge in [0.15, 0.2) is 6.61 Å². The van der Waals surface area contributed by atoms with Crippen molar-refractivity contribution >= 4 is 21.6 Å². The second-order valence-corrected chi connectivity index (χ2v) is 7.12. The summed E-state index contributed by atoms with van der Waals surface area (Å²) < 4.78 is 30.9.